The first-order valence-electron chi connectivity index (χ1n) is 5.85. The minimum Gasteiger partial charge on any atom is -0.377 e. The first-order chi connectivity index (χ1) is 7.69. The number of hydrogen-bond donors (Lipinski definition) is 1. The summed E-state index contributed by atoms with van der Waals surface area (Å²) in [6.07, 6.45) is 4.70. The van der Waals surface area contributed by atoms with Crippen molar-refractivity contribution in [3.05, 3.63) is 6.20 Å². The van der Waals surface area contributed by atoms with Gasteiger partial charge in [0.05, 0.1) is 12.3 Å². The summed E-state index contributed by atoms with van der Waals surface area (Å²) in [5.74, 6) is 0.658. The molecule has 2 aliphatic rings. The van der Waals surface area contributed by atoms with Gasteiger partial charge in [-0.1, -0.05) is 18.3 Å². The van der Waals surface area contributed by atoms with Crippen LogP contribution in [0.1, 0.15) is 26.7 Å². The van der Waals surface area contributed by atoms with Crippen LogP contribution in [0, 0.1) is 11.3 Å². The van der Waals surface area contributed by atoms with Crippen molar-refractivity contribution in [2.45, 2.75) is 38.8 Å². The zero-order chi connectivity index (χ0) is 11.2. The number of ether oxygens (including phenoxy) is 1. The molecule has 88 valence electrons. The van der Waals surface area contributed by atoms with Crippen molar-refractivity contribution in [2.75, 3.05) is 11.9 Å². The molecule has 0 aromatic carbocycles. The van der Waals surface area contributed by atoms with Crippen LogP contribution in [-0.2, 0) is 4.74 Å². The maximum Gasteiger partial charge on any atom is 0.130 e. The molecule has 1 aliphatic carbocycles. The molecule has 1 N–H and O–H groups in total. The first-order valence-corrected chi connectivity index (χ1v) is 6.62. The molecule has 1 saturated carbocycles. The fourth-order valence-electron chi connectivity index (χ4n) is 3.20. The Hall–Kier alpha value is -0.680. The van der Waals surface area contributed by atoms with Crippen molar-refractivity contribution in [1.29, 1.82) is 0 Å². The van der Waals surface area contributed by atoms with Crippen LogP contribution in [0.15, 0.2) is 6.20 Å². The standard InChI is InChI=1S/C11H17N3OS/c1-11(2)9(13-8-6-12-14-16-8)7-4-3-5-15-10(7)11/h6-7,9-10,13H,3-5H2,1-2H3. The van der Waals surface area contributed by atoms with E-state index in [1.807, 2.05) is 0 Å². The summed E-state index contributed by atoms with van der Waals surface area (Å²) in [5, 5.41) is 8.49. The number of fused-ring (bicyclic) bond motifs is 1. The molecule has 4 nitrogen and oxygen atoms in total. The second kappa shape index (κ2) is 3.67. The van der Waals surface area contributed by atoms with Gasteiger partial charge in [0.2, 0.25) is 0 Å². The average Bonchev–Trinajstić information content (AvgIpc) is 2.79. The zero-order valence-corrected chi connectivity index (χ0v) is 10.5. The third-order valence-electron chi connectivity index (χ3n) is 3.99. The monoisotopic (exact) mass is 239 g/mol. The summed E-state index contributed by atoms with van der Waals surface area (Å²) in [6.45, 7) is 5.50. The Morgan fingerprint density at radius 1 is 1.56 bits per heavy atom. The Morgan fingerprint density at radius 3 is 3.19 bits per heavy atom. The molecule has 1 aromatic rings. The van der Waals surface area contributed by atoms with Gasteiger partial charge in [0.15, 0.2) is 0 Å². The molecular weight excluding hydrogens is 222 g/mol. The summed E-state index contributed by atoms with van der Waals surface area (Å²) in [7, 11) is 0. The molecule has 2 fully saturated rings. The van der Waals surface area contributed by atoms with E-state index >= 15 is 0 Å². The van der Waals surface area contributed by atoms with E-state index in [1.54, 1.807) is 6.20 Å². The normalized spacial score (nSPS) is 36.2. The molecule has 1 aliphatic heterocycles. The van der Waals surface area contributed by atoms with Gasteiger partial charge in [0, 0.05) is 35.5 Å². The van der Waals surface area contributed by atoms with Gasteiger partial charge in [0.25, 0.3) is 0 Å². The van der Waals surface area contributed by atoms with Gasteiger partial charge in [-0.3, -0.25) is 0 Å². The van der Waals surface area contributed by atoms with Crippen LogP contribution in [0.5, 0.6) is 0 Å². The van der Waals surface area contributed by atoms with E-state index in [-0.39, 0.29) is 5.41 Å². The predicted molar refractivity (Wildman–Crippen MR) is 63.6 cm³/mol. The van der Waals surface area contributed by atoms with E-state index in [4.69, 9.17) is 4.74 Å². The highest BCUT2D eigenvalue weighted by atomic mass is 32.1. The fourth-order valence-corrected chi connectivity index (χ4v) is 3.66. The summed E-state index contributed by atoms with van der Waals surface area (Å²) < 4.78 is 9.76. The molecule has 16 heavy (non-hydrogen) atoms. The second-order valence-electron chi connectivity index (χ2n) is 5.32. The average molecular weight is 239 g/mol. The lowest BCUT2D eigenvalue weighted by Gasteiger charge is -2.60. The molecule has 2 heterocycles. The summed E-state index contributed by atoms with van der Waals surface area (Å²) in [4.78, 5) is 0. The molecule has 0 amide bonds. The molecule has 1 aromatic heterocycles. The second-order valence-corrected chi connectivity index (χ2v) is 6.11. The lowest BCUT2D eigenvalue weighted by molar-refractivity contribution is -0.177. The molecule has 1 saturated heterocycles. The van der Waals surface area contributed by atoms with Gasteiger partial charge in [0.1, 0.15) is 5.00 Å². The SMILES string of the molecule is CC1(C)C(Nc2cnns2)C2CCCOC21. The minimum atomic E-state index is 0.217. The van der Waals surface area contributed by atoms with Crippen molar-refractivity contribution in [3.63, 3.8) is 0 Å². The topological polar surface area (TPSA) is 47.0 Å². The summed E-state index contributed by atoms with van der Waals surface area (Å²) >= 11 is 1.43. The largest absolute Gasteiger partial charge is 0.377 e. The van der Waals surface area contributed by atoms with Crippen LogP contribution < -0.4 is 5.32 Å². The highest BCUT2D eigenvalue weighted by Crippen LogP contribution is 2.52. The third-order valence-corrected chi connectivity index (χ3v) is 4.59. The minimum absolute atomic E-state index is 0.217. The smallest absolute Gasteiger partial charge is 0.130 e. The molecule has 3 atom stereocenters. The van der Waals surface area contributed by atoms with Crippen LogP contribution in [0.3, 0.4) is 0 Å². The highest BCUT2D eigenvalue weighted by molar-refractivity contribution is 7.09. The van der Waals surface area contributed by atoms with Gasteiger partial charge >= 0.3 is 0 Å². The zero-order valence-electron chi connectivity index (χ0n) is 9.64. The molecule has 0 bridgehead atoms. The quantitative estimate of drug-likeness (QED) is 0.859. The van der Waals surface area contributed by atoms with Crippen LogP contribution in [0.25, 0.3) is 0 Å². The van der Waals surface area contributed by atoms with Gasteiger partial charge in [-0.2, -0.15) is 0 Å². The van der Waals surface area contributed by atoms with Crippen molar-refractivity contribution in [1.82, 2.24) is 9.59 Å². The van der Waals surface area contributed by atoms with E-state index in [0.717, 1.165) is 11.6 Å². The lowest BCUT2D eigenvalue weighted by atomic mass is 9.55. The van der Waals surface area contributed by atoms with Crippen molar-refractivity contribution in [3.8, 4) is 0 Å². The van der Waals surface area contributed by atoms with E-state index in [0.29, 0.717) is 18.1 Å². The van der Waals surface area contributed by atoms with E-state index < -0.39 is 0 Å². The maximum atomic E-state index is 5.87. The number of nitrogens with zero attached hydrogens (tertiary/aromatic N) is 2. The van der Waals surface area contributed by atoms with Crippen LogP contribution in [-0.4, -0.2) is 28.3 Å². The van der Waals surface area contributed by atoms with E-state index in [2.05, 4.69) is 28.8 Å². The van der Waals surface area contributed by atoms with Gasteiger partial charge in [-0.15, -0.1) is 5.10 Å². The number of hydrogen-bond acceptors (Lipinski definition) is 5. The van der Waals surface area contributed by atoms with Crippen molar-refractivity contribution >= 4 is 16.5 Å². The Morgan fingerprint density at radius 2 is 2.44 bits per heavy atom. The Balaban J connectivity index is 1.75. The Kier molecular flexibility index (Phi) is 2.40. The van der Waals surface area contributed by atoms with Crippen molar-refractivity contribution < 1.29 is 4.74 Å². The molecule has 5 heteroatoms. The Bertz CT molecular complexity index is 365. The van der Waals surface area contributed by atoms with Crippen LogP contribution in [0.2, 0.25) is 0 Å². The molecule has 0 spiro atoms. The van der Waals surface area contributed by atoms with Gasteiger partial charge in [-0.25, -0.2) is 0 Å². The molecule has 0 radical (unpaired) electrons. The van der Waals surface area contributed by atoms with Gasteiger partial charge < -0.3 is 10.1 Å². The summed E-state index contributed by atoms with van der Waals surface area (Å²) in [5.41, 5.74) is 0.217. The lowest BCUT2D eigenvalue weighted by Crippen LogP contribution is -2.67. The molecular formula is C11H17N3OS. The third kappa shape index (κ3) is 1.45. The Labute approximate surface area is 99.6 Å². The molecule has 3 rings (SSSR count). The predicted octanol–water partition coefficient (Wildman–Crippen LogP) is 2.15. The molecule has 3 unspecified atom stereocenters. The number of rotatable bonds is 2. The first kappa shape index (κ1) is 10.5. The highest BCUT2D eigenvalue weighted by Gasteiger charge is 2.58. The number of nitrogens with one attached hydrogen (secondary N) is 1. The van der Waals surface area contributed by atoms with Crippen LogP contribution in [0.4, 0.5) is 5.00 Å². The number of anilines is 1. The number of aromatic nitrogens is 2. The van der Waals surface area contributed by atoms with E-state index in [1.165, 1.54) is 24.4 Å². The summed E-state index contributed by atoms with van der Waals surface area (Å²) in [6, 6.07) is 0.500. The van der Waals surface area contributed by atoms with Crippen molar-refractivity contribution in [2.24, 2.45) is 11.3 Å². The maximum absolute atomic E-state index is 5.87. The van der Waals surface area contributed by atoms with E-state index in [9.17, 15) is 0 Å². The van der Waals surface area contributed by atoms with Crippen LogP contribution >= 0.6 is 11.5 Å². The van der Waals surface area contributed by atoms with Gasteiger partial charge in [-0.05, 0) is 12.8 Å². The fraction of sp³-hybridized carbons (Fsp3) is 0.818.